The fraction of sp³-hybridized carbons (Fsp3) is 0.368. The number of aliphatic imine (C=N–C) groups is 1. The van der Waals surface area contributed by atoms with Crippen molar-refractivity contribution in [2.75, 3.05) is 26.8 Å². The summed E-state index contributed by atoms with van der Waals surface area (Å²) in [5.74, 6) is 2.29. The highest BCUT2D eigenvalue weighted by atomic mass is 16.5. The zero-order chi connectivity index (χ0) is 17.7. The second-order valence-corrected chi connectivity index (χ2v) is 5.34. The van der Waals surface area contributed by atoms with Gasteiger partial charge in [-0.05, 0) is 37.1 Å². The molecule has 25 heavy (non-hydrogen) atoms. The molecule has 0 atom stereocenters. The number of guanidine groups is 1. The van der Waals surface area contributed by atoms with Gasteiger partial charge in [0.25, 0.3) is 0 Å². The Morgan fingerprint density at radius 3 is 2.76 bits per heavy atom. The molecule has 0 aliphatic heterocycles. The Kier molecular flexibility index (Phi) is 8.11. The summed E-state index contributed by atoms with van der Waals surface area (Å²) in [5, 5.41) is 6.56. The van der Waals surface area contributed by atoms with E-state index >= 15 is 0 Å². The summed E-state index contributed by atoms with van der Waals surface area (Å²) >= 11 is 0. The largest absolute Gasteiger partial charge is 0.494 e. The summed E-state index contributed by atoms with van der Waals surface area (Å²) in [6.07, 6.45) is 2.62. The van der Waals surface area contributed by atoms with Crippen molar-refractivity contribution in [2.24, 2.45) is 4.99 Å². The summed E-state index contributed by atoms with van der Waals surface area (Å²) in [5.41, 5.74) is 1.05. The number of nitrogens with one attached hydrogen (secondary N) is 2. The van der Waals surface area contributed by atoms with E-state index in [1.54, 1.807) is 13.3 Å². The molecule has 0 radical (unpaired) electrons. The Labute approximate surface area is 149 Å². The third-order valence-corrected chi connectivity index (χ3v) is 3.40. The van der Waals surface area contributed by atoms with Gasteiger partial charge >= 0.3 is 0 Å². The molecular formula is C19H26N4O2. The first-order valence-corrected chi connectivity index (χ1v) is 8.50. The van der Waals surface area contributed by atoms with Crippen LogP contribution in [0.15, 0.2) is 53.7 Å². The minimum Gasteiger partial charge on any atom is -0.494 e. The molecule has 2 N–H and O–H groups in total. The number of nitrogens with zero attached hydrogens (tertiary/aromatic N) is 2. The van der Waals surface area contributed by atoms with Crippen LogP contribution >= 0.6 is 0 Å². The fourth-order valence-electron chi connectivity index (χ4n) is 2.16. The van der Waals surface area contributed by atoms with Gasteiger partial charge in [0.05, 0.1) is 20.3 Å². The van der Waals surface area contributed by atoms with Gasteiger partial charge in [0, 0.05) is 25.4 Å². The standard InChI is InChI=1S/C19H26N4O2/c1-3-20-19(23-15-16-10-12-21-18(14-16)24-2)22-11-7-13-25-17-8-5-4-6-9-17/h4-6,8-10,12,14H,3,7,11,13,15H2,1-2H3,(H2,20,22,23). The van der Waals surface area contributed by atoms with Crippen molar-refractivity contribution < 1.29 is 9.47 Å². The molecule has 0 amide bonds. The number of hydrogen-bond acceptors (Lipinski definition) is 4. The van der Waals surface area contributed by atoms with Crippen LogP contribution in [-0.4, -0.2) is 37.7 Å². The van der Waals surface area contributed by atoms with Crippen LogP contribution in [0.2, 0.25) is 0 Å². The second-order valence-electron chi connectivity index (χ2n) is 5.34. The van der Waals surface area contributed by atoms with E-state index in [1.165, 1.54) is 0 Å². The maximum Gasteiger partial charge on any atom is 0.213 e. The van der Waals surface area contributed by atoms with Crippen LogP contribution in [0, 0.1) is 0 Å². The Hall–Kier alpha value is -2.76. The number of para-hydroxylation sites is 1. The molecule has 6 heteroatoms. The summed E-state index contributed by atoms with van der Waals surface area (Å²) in [7, 11) is 1.61. The molecular weight excluding hydrogens is 316 g/mol. The van der Waals surface area contributed by atoms with E-state index in [9.17, 15) is 0 Å². The number of benzene rings is 1. The molecule has 0 unspecified atom stereocenters. The summed E-state index contributed by atoms with van der Waals surface area (Å²) in [6.45, 7) is 4.88. The van der Waals surface area contributed by atoms with Gasteiger partial charge in [0.1, 0.15) is 5.75 Å². The first-order valence-electron chi connectivity index (χ1n) is 8.50. The zero-order valence-electron chi connectivity index (χ0n) is 14.9. The fourth-order valence-corrected chi connectivity index (χ4v) is 2.16. The highest BCUT2D eigenvalue weighted by Crippen LogP contribution is 2.09. The maximum atomic E-state index is 5.68. The molecule has 2 rings (SSSR count). The highest BCUT2D eigenvalue weighted by molar-refractivity contribution is 5.79. The lowest BCUT2D eigenvalue weighted by Crippen LogP contribution is -2.38. The van der Waals surface area contributed by atoms with E-state index in [0.717, 1.165) is 36.8 Å². The SMILES string of the molecule is CCNC(=NCc1ccnc(OC)c1)NCCCOc1ccccc1. The lowest BCUT2D eigenvalue weighted by atomic mass is 10.3. The van der Waals surface area contributed by atoms with Gasteiger partial charge in [-0.25, -0.2) is 9.98 Å². The van der Waals surface area contributed by atoms with Gasteiger partial charge in [0.2, 0.25) is 5.88 Å². The van der Waals surface area contributed by atoms with Gasteiger partial charge in [0.15, 0.2) is 5.96 Å². The Balaban J connectivity index is 1.75. The van der Waals surface area contributed by atoms with E-state index in [-0.39, 0.29) is 0 Å². The molecule has 0 fully saturated rings. The molecule has 0 saturated heterocycles. The minimum atomic E-state index is 0.564. The van der Waals surface area contributed by atoms with Crippen molar-refractivity contribution >= 4 is 5.96 Å². The van der Waals surface area contributed by atoms with Crippen molar-refractivity contribution in [3.05, 3.63) is 54.2 Å². The Morgan fingerprint density at radius 1 is 1.16 bits per heavy atom. The van der Waals surface area contributed by atoms with Crippen molar-refractivity contribution in [2.45, 2.75) is 19.9 Å². The molecule has 2 aromatic rings. The van der Waals surface area contributed by atoms with Crippen LogP contribution < -0.4 is 20.1 Å². The van der Waals surface area contributed by atoms with Crippen molar-refractivity contribution in [1.29, 1.82) is 0 Å². The molecule has 0 bridgehead atoms. The van der Waals surface area contributed by atoms with Crippen LogP contribution in [0.3, 0.4) is 0 Å². The first kappa shape index (κ1) is 18.6. The maximum absolute atomic E-state index is 5.68. The van der Waals surface area contributed by atoms with Gasteiger partial charge in [-0.2, -0.15) is 0 Å². The molecule has 1 aromatic carbocycles. The van der Waals surface area contributed by atoms with Crippen molar-refractivity contribution in [1.82, 2.24) is 15.6 Å². The smallest absolute Gasteiger partial charge is 0.213 e. The third-order valence-electron chi connectivity index (χ3n) is 3.40. The van der Waals surface area contributed by atoms with Crippen LogP contribution in [-0.2, 0) is 6.54 Å². The molecule has 6 nitrogen and oxygen atoms in total. The predicted molar refractivity (Wildman–Crippen MR) is 100 cm³/mol. The highest BCUT2D eigenvalue weighted by Gasteiger charge is 2.00. The lowest BCUT2D eigenvalue weighted by Gasteiger charge is -2.12. The quantitative estimate of drug-likeness (QED) is 0.416. The minimum absolute atomic E-state index is 0.564. The monoisotopic (exact) mass is 342 g/mol. The van der Waals surface area contributed by atoms with Gasteiger partial charge < -0.3 is 20.1 Å². The van der Waals surface area contributed by atoms with E-state index in [0.29, 0.717) is 19.0 Å². The van der Waals surface area contributed by atoms with Crippen LogP contribution in [0.5, 0.6) is 11.6 Å². The number of pyridine rings is 1. The second kappa shape index (κ2) is 10.9. The summed E-state index contributed by atoms with van der Waals surface area (Å²) in [6, 6.07) is 13.7. The number of hydrogen-bond donors (Lipinski definition) is 2. The Bertz CT molecular complexity index is 647. The molecule has 1 aromatic heterocycles. The van der Waals surface area contributed by atoms with Gasteiger partial charge in [-0.15, -0.1) is 0 Å². The van der Waals surface area contributed by atoms with Crippen LogP contribution in [0.25, 0.3) is 0 Å². The van der Waals surface area contributed by atoms with E-state index in [2.05, 4.69) is 20.6 Å². The average Bonchev–Trinajstić information content (AvgIpc) is 2.66. The number of rotatable bonds is 9. The normalized spacial score (nSPS) is 11.0. The molecule has 0 aliphatic rings. The van der Waals surface area contributed by atoms with Crippen LogP contribution in [0.1, 0.15) is 18.9 Å². The molecule has 0 saturated carbocycles. The van der Waals surface area contributed by atoms with Gasteiger partial charge in [-0.3, -0.25) is 0 Å². The zero-order valence-corrected chi connectivity index (χ0v) is 14.9. The summed E-state index contributed by atoms with van der Waals surface area (Å²) in [4.78, 5) is 8.69. The molecule has 0 aliphatic carbocycles. The van der Waals surface area contributed by atoms with E-state index in [4.69, 9.17) is 9.47 Å². The summed E-state index contributed by atoms with van der Waals surface area (Å²) < 4.78 is 10.8. The van der Waals surface area contributed by atoms with Crippen molar-refractivity contribution in [3.63, 3.8) is 0 Å². The van der Waals surface area contributed by atoms with Gasteiger partial charge in [-0.1, -0.05) is 18.2 Å². The van der Waals surface area contributed by atoms with Crippen molar-refractivity contribution in [3.8, 4) is 11.6 Å². The first-order chi connectivity index (χ1) is 12.3. The third kappa shape index (κ3) is 7.12. The number of methoxy groups -OCH3 is 1. The molecule has 1 heterocycles. The molecule has 134 valence electrons. The molecule has 0 spiro atoms. The number of ether oxygens (including phenoxy) is 2. The van der Waals surface area contributed by atoms with E-state index < -0.39 is 0 Å². The Morgan fingerprint density at radius 2 is 2.00 bits per heavy atom. The lowest BCUT2D eigenvalue weighted by molar-refractivity contribution is 0.311. The average molecular weight is 342 g/mol. The van der Waals surface area contributed by atoms with Crippen LogP contribution in [0.4, 0.5) is 0 Å². The number of aromatic nitrogens is 1. The topological polar surface area (TPSA) is 67.8 Å². The van der Waals surface area contributed by atoms with E-state index in [1.807, 2.05) is 49.4 Å². The predicted octanol–water partition coefficient (Wildman–Crippen LogP) is 2.61.